The molecule has 106 valence electrons. The molecule has 1 aliphatic carbocycles. The van der Waals surface area contributed by atoms with E-state index in [0.717, 1.165) is 24.8 Å². The molecule has 1 fully saturated rings. The van der Waals surface area contributed by atoms with Crippen LogP contribution < -0.4 is 10.1 Å². The summed E-state index contributed by atoms with van der Waals surface area (Å²) in [7, 11) is 1.67. The molecule has 2 rings (SSSR count). The monoisotopic (exact) mass is 281 g/mol. The standard InChI is InChI=1S/C16H24ClNO/c1-11(2)9-18-10-13-4-6-14(13)12-5-7-15(17)16(8-12)19-3/h5,7-8,11,13-14,18H,4,6,9-10H2,1-3H3. The first kappa shape index (κ1) is 14.7. The van der Waals surface area contributed by atoms with Gasteiger partial charge in [0, 0.05) is 0 Å². The minimum Gasteiger partial charge on any atom is -0.495 e. The third kappa shape index (κ3) is 3.64. The van der Waals surface area contributed by atoms with Crippen LogP contribution in [0.3, 0.4) is 0 Å². The highest BCUT2D eigenvalue weighted by molar-refractivity contribution is 6.32. The second-order valence-corrected chi connectivity index (χ2v) is 6.30. The predicted octanol–water partition coefficient (Wildman–Crippen LogP) is 4.09. The number of hydrogen-bond acceptors (Lipinski definition) is 2. The van der Waals surface area contributed by atoms with E-state index >= 15 is 0 Å². The lowest BCUT2D eigenvalue weighted by Crippen LogP contribution is -2.35. The topological polar surface area (TPSA) is 21.3 Å². The van der Waals surface area contributed by atoms with Gasteiger partial charge < -0.3 is 10.1 Å². The van der Waals surface area contributed by atoms with Crippen LogP contribution in [-0.2, 0) is 0 Å². The van der Waals surface area contributed by atoms with Crippen LogP contribution in [-0.4, -0.2) is 20.2 Å². The Morgan fingerprint density at radius 1 is 1.37 bits per heavy atom. The van der Waals surface area contributed by atoms with Crippen molar-refractivity contribution >= 4 is 11.6 Å². The van der Waals surface area contributed by atoms with E-state index in [4.69, 9.17) is 16.3 Å². The second kappa shape index (κ2) is 6.62. The fourth-order valence-corrected chi connectivity index (χ4v) is 2.91. The van der Waals surface area contributed by atoms with Crippen LogP contribution in [0.15, 0.2) is 18.2 Å². The average Bonchev–Trinajstić information content (AvgIpc) is 2.35. The highest BCUT2D eigenvalue weighted by Gasteiger charge is 2.31. The van der Waals surface area contributed by atoms with Gasteiger partial charge in [-0.2, -0.15) is 0 Å². The lowest BCUT2D eigenvalue weighted by molar-refractivity contribution is 0.243. The van der Waals surface area contributed by atoms with Gasteiger partial charge in [-0.25, -0.2) is 0 Å². The summed E-state index contributed by atoms with van der Waals surface area (Å²) in [6.07, 6.45) is 2.60. The van der Waals surface area contributed by atoms with Crippen LogP contribution in [0.2, 0.25) is 5.02 Å². The van der Waals surface area contributed by atoms with Crippen LogP contribution in [0.25, 0.3) is 0 Å². The van der Waals surface area contributed by atoms with E-state index in [9.17, 15) is 0 Å². The molecule has 0 heterocycles. The summed E-state index contributed by atoms with van der Waals surface area (Å²) in [6.45, 7) is 6.71. The molecule has 3 heteroatoms. The zero-order valence-electron chi connectivity index (χ0n) is 12.1. The van der Waals surface area contributed by atoms with Gasteiger partial charge in [0.05, 0.1) is 12.1 Å². The van der Waals surface area contributed by atoms with Crippen molar-refractivity contribution in [3.05, 3.63) is 28.8 Å². The minimum absolute atomic E-state index is 0.658. The molecule has 0 aliphatic heterocycles. The molecule has 1 N–H and O–H groups in total. The van der Waals surface area contributed by atoms with Gasteiger partial charge >= 0.3 is 0 Å². The summed E-state index contributed by atoms with van der Waals surface area (Å²) in [5.41, 5.74) is 1.36. The lowest BCUT2D eigenvalue weighted by Gasteiger charge is -2.37. The quantitative estimate of drug-likeness (QED) is 0.848. The van der Waals surface area contributed by atoms with Crippen LogP contribution >= 0.6 is 11.6 Å². The molecule has 0 bridgehead atoms. The van der Waals surface area contributed by atoms with Crippen LogP contribution in [0, 0.1) is 11.8 Å². The minimum atomic E-state index is 0.658. The fourth-order valence-electron chi connectivity index (χ4n) is 2.72. The number of methoxy groups -OCH3 is 1. The molecule has 0 saturated heterocycles. The molecule has 2 atom stereocenters. The maximum absolute atomic E-state index is 6.08. The summed E-state index contributed by atoms with van der Waals surface area (Å²) in [6, 6.07) is 6.19. The smallest absolute Gasteiger partial charge is 0.137 e. The van der Waals surface area contributed by atoms with Crippen molar-refractivity contribution < 1.29 is 4.74 Å². The van der Waals surface area contributed by atoms with Crippen molar-refractivity contribution in [1.29, 1.82) is 0 Å². The van der Waals surface area contributed by atoms with Gasteiger partial charge in [0.25, 0.3) is 0 Å². The zero-order valence-corrected chi connectivity index (χ0v) is 12.8. The van der Waals surface area contributed by atoms with Gasteiger partial charge in [-0.05, 0) is 61.4 Å². The summed E-state index contributed by atoms with van der Waals surface area (Å²) >= 11 is 6.08. The van der Waals surface area contributed by atoms with Crippen LogP contribution in [0.5, 0.6) is 5.75 Å². The Hall–Kier alpha value is -0.730. The normalized spacial score (nSPS) is 22.4. The zero-order chi connectivity index (χ0) is 13.8. The molecule has 1 saturated carbocycles. The highest BCUT2D eigenvalue weighted by Crippen LogP contribution is 2.43. The molecule has 1 aromatic rings. The SMILES string of the molecule is COc1cc(C2CCC2CNCC(C)C)ccc1Cl. The Kier molecular flexibility index (Phi) is 5.12. The third-order valence-electron chi connectivity index (χ3n) is 3.98. The fraction of sp³-hybridized carbons (Fsp3) is 0.625. The van der Waals surface area contributed by atoms with Crippen molar-refractivity contribution in [2.24, 2.45) is 11.8 Å². The number of rotatable bonds is 6. The molecule has 1 aliphatic rings. The average molecular weight is 282 g/mol. The van der Waals surface area contributed by atoms with Gasteiger partial charge in [-0.1, -0.05) is 31.5 Å². The van der Waals surface area contributed by atoms with Crippen molar-refractivity contribution in [2.75, 3.05) is 20.2 Å². The van der Waals surface area contributed by atoms with Crippen molar-refractivity contribution in [1.82, 2.24) is 5.32 Å². The molecular formula is C16H24ClNO. The molecule has 2 nitrogen and oxygen atoms in total. The van der Waals surface area contributed by atoms with Crippen LogP contribution in [0.4, 0.5) is 0 Å². The van der Waals surface area contributed by atoms with Gasteiger partial charge in [0.15, 0.2) is 0 Å². The van der Waals surface area contributed by atoms with Gasteiger partial charge in [-0.3, -0.25) is 0 Å². The first-order valence-electron chi connectivity index (χ1n) is 7.16. The van der Waals surface area contributed by atoms with Crippen molar-refractivity contribution in [3.8, 4) is 5.75 Å². The predicted molar refractivity (Wildman–Crippen MR) is 81.2 cm³/mol. The maximum atomic E-state index is 6.08. The number of halogens is 1. The van der Waals surface area contributed by atoms with Gasteiger partial charge in [0.1, 0.15) is 5.75 Å². The number of ether oxygens (including phenoxy) is 1. The molecule has 2 unspecified atom stereocenters. The molecule has 19 heavy (non-hydrogen) atoms. The molecule has 1 aromatic carbocycles. The Morgan fingerprint density at radius 2 is 2.16 bits per heavy atom. The van der Waals surface area contributed by atoms with Gasteiger partial charge in [0.2, 0.25) is 0 Å². The van der Waals surface area contributed by atoms with E-state index in [1.165, 1.54) is 18.4 Å². The summed E-state index contributed by atoms with van der Waals surface area (Å²) in [4.78, 5) is 0. The number of benzene rings is 1. The molecule has 0 spiro atoms. The van der Waals surface area contributed by atoms with E-state index in [2.05, 4.69) is 31.3 Å². The van der Waals surface area contributed by atoms with E-state index in [1.807, 2.05) is 6.07 Å². The highest BCUT2D eigenvalue weighted by atomic mass is 35.5. The van der Waals surface area contributed by atoms with Crippen molar-refractivity contribution in [2.45, 2.75) is 32.6 Å². The molecule has 0 radical (unpaired) electrons. The Bertz CT molecular complexity index is 419. The Balaban J connectivity index is 1.94. The first-order chi connectivity index (χ1) is 9.11. The summed E-state index contributed by atoms with van der Waals surface area (Å²) < 4.78 is 5.30. The summed E-state index contributed by atoms with van der Waals surface area (Å²) in [5, 5.41) is 4.26. The van der Waals surface area contributed by atoms with E-state index in [0.29, 0.717) is 16.9 Å². The molecular weight excluding hydrogens is 258 g/mol. The third-order valence-corrected chi connectivity index (χ3v) is 4.29. The van der Waals surface area contributed by atoms with Crippen molar-refractivity contribution in [3.63, 3.8) is 0 Å². The maximum Gasteiger partial charge on any atom is 0.137 e. The van der Waals surface area contributed by atoms with E-state index in [1.54, 1.807) is 7.11 Å². The van der Waals surface area contributed by atoms with E-state index in [-0.39, 0.29) is 0 Å². The number of hydrogen-bond donors (Lipinski definition) is 1. The lowest BCUT2D eigenvalue weighted by atomic mass is 9.70. The largest absolute Gasteiger partial charge is 0.495 e. The Morgan fingerprint density at radius 3 is 2.74 bits per heavy atom. The van der Waals surface area contributed by atoms with Crippen LogP contribution in [0.1, 0.15) is 38.2 Å². The first-order valence-corrected chi connectivity index (χ1v) is 7.53. The number of nitrogens with one attached hydrogen (secondary N) is 1. The Labute approximate surface area is 121 Å². The summed E-state index contributed by atoms with van der Waals surface area (Å²) in [5.74, 6) is 2.92. The second-order valence-electron chi connectivity index (χ2n) is 5.89. The molecule has 0 amide bonds. The van der Waals surface area contributed by atoms with Gasteiger partial charge in [-0.15, -0.1) is 0 Å². The van der Waals surface area contributed by atoms with E-state index < -0.39 is 0 Å². The molecule has 0 aromatic heterocycles.